The zero-order valence-electron chi connectivity index (χ0n) is 17.4. The van der Waals surface area contributed by atoms with Crippen LogP contribution in [-0.4, -0.2) is 36.0 Å². The van der Waals surface area contributed by atoms with Crippen molar-refractivity contribution in [1.82, 2.24) is 14.4 Å². The van der Waals surface area contributed by atoms with Gasteiger partial charge in [0.05, 0.1) is 4.90 Å². The van der Waals surface area contributed by atoms with Gasteiger partial charge in [0, 0.05) is 19.0 Å². The van der Waals surface area contributed by atoms with Crippen LogP contribution in [0.2, 0.25) is 0 Å². The molecule has 1 saturated heterocycles. The van der Waals surface area contributed by atoms with E-state index in [9.17, 15) is 12.8 Å². The van der Waals surface area contributed by atoms with E-state index in [1.165, 1.54) is 28.6 Å². The summed E-state index contributed by atoms with van der Waals surface area (Å²) in [7, 11) is -3.54. The van der Waals surface area contributed by atoms with Gasteiger partial charge in [0.1, 0.15) is 11.6 Å². The molecule has 9 heteroatoms. The Morgan fingerprint density at radius 1 is 1.13 bits per heavy atom. The molecule has 7 nitrogen and oxygen atoms in total. The zero-order valence-corrected chi connectivity index (χ0v) is 18.2. The summed E-state index contributed by atoms with van der Waals surface area (Å²) in [6, 6.07) is 11.2. The first-order valence-electron chi connectivity index (χ1n) is 10.1. The van der Waals surface area contributed by atoms with E-state index < -0.39 is 10.0 Å². The fourth-order valence-electron chi connectivity index (χ4n) is 3.65. The standard InChI is InChI=1S/C22H24FN3O4S/c1-15-3-4-16(2)20(13-15)31(27,28)26-11-9-17(10-12-26)22-24-21(30-25-22)14-29-19-7-5-18(23)6-8-19/h3-8,13,17H,9-12,14H2,1-2H3. The zero-order chi connectivity index (χ0) is 22.0. The number of hydrogen-bond donors (Lipinski definition) is 0. The van der Waals surface area contributed by atoms with Gasteiger partial charge in [-0.25, -0.2) is 12.8 Å². The van der Waals surface area contributed by atoms with Crippen molar-refractivity contribution < 1.29 is 22.1 Å². The highest BCUT2D eigenvalue weighted by Crippen LogP contribution is 2.30. The van der Waals surface area contributed by atoms with Crippen molar-refractivity contribution in [3.05, 3.63) is 71.1 Å². The van der Waals surface area contributed by atoms with Crippen LogP contribution < -0.4 is 4.74 Å². The molecule has 0 saturated carbocycles. The lowest BCUT2D eigenvalue weighted by molar-refractivity contribution is 0.241. The van der Waals surface area contributed by atoms with Gasteiger partial charge in [0.2, 0.25) is 10.0 Å². The summed E-state index contributed by atoms with van der Waals surface area (Å²) in [4.78, 5) is 4.76. The molecule has 0 bridgehead atoms. The summed E-state index contributed by atoms with van der Waals surface area (Å²) in [6.07, 6.45) is 1.23. The molecule has 3 aromatic rings. The minimum Gasteiger partial charge on any atom is -0.484 e. The third kappa shape index (κ3) is 4.77. The number of piperidine rings is 1. The number of nitrogens with zero attached hydrogens (tertiary/aromatic N) is 3. The molecule has 0 radical (unpaired) electrons. The Morgan fingerprint density at radius 3 is 2.55 bits per heavy atom. The fourth-order valence-corrected chi connectivity index (χ4v) is 5.43. The molecule has 0 unspecified atom stereocenters. The van der Waals surface area contributed by atoms with Gasteiger partial charge in [0.15, 0.2) is 12.4 Å². The van der Waals surface area contributed by atoms with Crippen LogP contribution in [0, 0.1) is 19.7 Å². The number of ether oxygens (including phenoxy) is 1. The predicted octanol–water partition coefficient (Wildman–Crippen LogP) is 3.97. The van der Waals surface area contributed by atoms with Gasteiger partial charge in [-0.1, -0.05) is 17.3 Å². The minimum atomic E-state index is -3.54. The first kappa shape index (κ1) is 21.5. The molecular formula is C22H24FN3O4S. The Kier molecular flexibility index (Phi) is 6.06. The second-order valence-corrected chi connectivity index (χ2v) is 9.64. The molecular weight excluding hydrogens is 421 g/mol. The normalized spacial score (nSPS) is 15.8. The van der Waals surface area contributed by atoms with Crippen LogP contribution in [-0.2, 0) is 16.6 Å². The van der Waals surface area contributed by atoms with E-state index >= 15 is 0 Å². The van der Waals surface area contributed by atoms with Crippen LogP contribution in [0.4, 0.5) is 4.39 Å². The van der Waals surface area contributed by atoms with Gasteiger partial charge in [-0.15, -0.1) is 0 Å². The molecule has 0 amide bonds. The Labute approximate surface area is 180 Å². The third-order valence-corrected chi connectivity index (χ3v) is 7.48. The molecule has 1 aliphatic heterocycles. The van der Waals surface area contributed by atoms with Gasteiger partial charge in [0.25, 0.3) is 5.89 Å². The fraction of sp³-hybridized carbons (Fsp3) is 0.364. The third-order valence-electron chi connectivity index (χ3n) is 5.44. The molecule has 1 fully saturated rings. The van der Waals surface area contributed by atoms with Gasteiger partial charge in [-0.05, 0) is 68.1 Å². The molecule has 0 aliphatic carbocycles. The highest BCUT2D eigenvalue weighted by Gasteiger charge is 2.32. The molecule has 0 spiro atoms. The Hall–Kier alpha value is -2.78. The van der Waals surface area contributed by atoms with E-state index in [0.717, 1.165) is 11.1 Å². The maximum Gasteiger partial charge on any atom is 0.264 e. The quantitative estimate of drug-likeness (QED) is 0.571. The molecule has 2 heterocycles. The van der Waals surface area contributed by atoms with E-state index in [1.807, 2.05) is 26.0 Å². The molecule has 0 atom stereocenters. The highest BCUT2D eigenvalue weighted by atomic mass is 32.2. The molecule has 1 aliphatic rings. The Balaban J connectivity index is 1.37. The molecule has 1 aromatic heterocycles. The van der Waals surface area contributed by atoms with E-state index in [0.29, 0.717) is 48.3 Å². The van der Waals surface area contributed by atoms with E-state index in [4.69, 9.17) is 9.26 Å². The molecule has 164 valence electrons. The molecule has 31 heavy (non-hydrogen) atoms. The van der Waals surface area contributed by atoms with Crippen LogP contribution in [0.15, 0.2) is 51.9 Å². The second-order valence-electron chi connectivity index (χ2n) is 7.74. The van der Waals surface area contributed by atoms with Gasteiger partial charge in [-0.2, -0.15) is 9.29 Å². The van der Waals surface area contributed by atoms with Crippen molar-refractivity contribution in [3.8, 4) is 5.75 Å². The maximum atomic E-state index is 13.1. The van der Waals surface area contributed by atoms with Crippen molar-refractivity contribution in [1.29, 1.82) is 0 Å². The Morgan fingerprint density at radius 2 is 1.84 bits per heavy atom. The molecule has 2 aromatic carbocycles. The maximum absolute atomic E-state index is 13.1. The van der Waals surface area contributed by atoms with Crippen LogP contribution in [0.5, 0.6) is 5.75 Å². The van der Waals surface area contributed by atoms with Crippen LogP contribution in [0.1, 0.15) is 41.6 Å². The predicted molar refractivity (Wildman–Crippen MR) is 112 cm³/mol. The molecule has 4 rings (SSSR count). The number of aryl methyl sites for hydroxylation is 2. The van der Waals surface area contributed by atoms with Crippen LogP contribution in [0.3, 0.4) is 0 Å². The number of halogens is 1. The summed E-state index contributed by atoms with van der Waals surface area (Å²) >= 11 is 0. The average molecular weight is 446 g/mol. The number of sulfonamides is 1. The van der Waals surface area contributed by atoms with Crippen LogP contribution in [0.25, 0.3) is 0 Å². The van der Waals surface area contributed by atoms with Crippen molar-refractivity contribution in [2.24, 2.45) is 0 Å². The largest absolute Gasteiger partial charge is 0.484 e. The Bertz CT molecular complexity index is 1150. The SMILES string of the molecule is Cc1ccc(C)c(S(=O)(=O)N2CCC(c3noc(COc4ccc(F)cc4)n3)CC2)c1. The summed E-state index contributed by atoms with van der Waals surface area (Å²) in [5, 5.41) is 4.04. The summed E-state index contributed by atoms with van der Waals surface area (Å²) in [6.45, 7) is 4.58. The lowest BCUT2D eigenvalue weighted by Crippen LogP contribution is -2.38. The average Bonchev–Trinajstić information content (AvgIpc) is 3.24. The van der Waals surface area contributed by atoms with Crippen molar-refractivity contribution in [2.75, 3.05) is 13.1 Å². The minimum absolute atomic E-state index is 0.0216. The van der Waals surface area contributed by atoms with Crippen LogP contribution >= 0.6 is 0 Å². The summed E-state index contributed by atoms with van der Waals surface area (Å²) < 4.78 is 51.5. The van der Waals surface area contributed by atoms with Gasteiger partial charge < -0.3 is 9.26 Å². The van der Waals surface area contributed by atoms with E-state index in [2.05, 4.69) is 10.1 Å². The summed E-state index contributed by atoms with van der Waals surface area (Å²) in [5.41, 5.74) is 1.66. The lowest BCUT2D eigenvalue weighted by atomic mass is 9.98. The first-order valence-corrected chi connectivity index (χ1v) is 11.5. The summed E-state index contributed by atoms with van der Waals surface area (Å²) in [5.74, 6) is 1.07. The van der Waals surface area contributed by atoms with Crippen molar-refractivity contribution >= 4 is 10.0 Å². The monoisotopic (exact) mass is 445 g/mol. The van der Waals surface area contributed by atoms with E-state index in [-0.39, 0.29) is 18.3 Å². The number of rotatable bonds is 6. The van der Waals surface area contributed by atoms with Gasteiger partial charge >= 0.3 is 0 Å². The first-order chi connectivity index (χ1) is 14.8. The smallest absolute Gasteiger partial charge is 0.264 e. The molecule has 0 N–H and O–H groups in total. The van der Waals surface area contributed by atoms with Crippen molar-refractivity contribution in [3.63, 3.8) is 0 Å². The number of hydrogen-bond acceptors (Lipinski definition) is 6. The van der Waals surface area contributed by atoms with Gasteiger partial charge in [-0.3, -0.25) is 0 Å². The van der Waals surface area contributed by atoms with Crippen molar-refractivity contribution in [2.45, 2.75) is 44.1 Å². The number of benzene rings is 2. The second kappa shape index (κ2) is 8.76. The number of aromatic nitrogens is 2. The lowest BCUT2D eigenvalue weighted by Gasteiger charge is -2.30. The topological polar surface area (TPSA) is 85.5 Å². The highest BCUT2D eigenvalue weighted by molar-refractivity contribution is 7.89. The van der Waals surface area contributed by atoms with E-state index in [1.54, 1.807) is 6.07 Å².